The van der Waals surface area contributed by atoms with Gasteiger partial charge in [-0.15, -0.1) is 12.4 Å². The molecule has 0 saturated carbocycles. The van der Waals surface area contributed by atoms with E-state index in [-0.39, 0.29) is 12.4 Å². The van der Waals surface area contributed by atoms with Crippen LogP contribution in [0.15, 0.2) is 18.2 Å². The second kappa shape index (κ2) is 6.27. The lowest BCUT2D eigenvalue weighted by molar-refractivity contribution is 0.174. The van der Waals surface area contributed by atoms with Crippen molar-refractivity contribution in [2.24, 2.45) is 0 Å². The third-order valence-electron chi connectivity index (χ3n) is 3.37. The third kappa shape index (κ3) is 3.07. The lowest BCUT2D eigenvalue weighted by atomic mass is 10.1. The molecule has 0 atom stereocenters. The maximum Gasteiger partial charge on any atom is 0.231 e. The van der Waals surface area contributed by atoms with E-state index >= 15 is 0 Å². The van der Waals surface area contributed by atoms with E-state index in [1.807, 2.05) is 6.07 Å². The molecule has 0 radical (unpaired) electrons. The molecule has 3 rings (SSSR count). The van der Waals surface area contributed by atoms with Crippen LogP contribution in [0.2, 0.25) is 0 Å². The quantitative estimate of drug-likeness (QED) is 0.877. The van der Waals surface area contributed by atoms with Gasteiger partial charge >= 0.3 is 0 Å². The van der Waals surface area contributed by atoms with Crippen LogP contribution in [0.5, 0.6) is 11.5 Å². The van der Waals surface area contributed by atoms with Gasteiger partial charge in [0.15, 0.2) is 11.5 Å². The van der Waals surface area contributed by atoms with Crippen molar-refractivity contribution < 1.29 is 9.47 Å². The molecule has 1 aromatic carbocycles. The number of ether oxygens (including phenoxy) is 2. The number of nitrogens with one attached hydrogen (secondary N) is 2. The Kier molecular flexibility index (Phi) is 4.69. The van der Waals surface area contributed by atoms with Gasteiger partial charge in [-0.05, 0) is 43.6 Å². The largest absolute Gasteiger partial charge is 0.454 e. The molecule has 0 aliphatic carbocycles. The Morgan fingerprint density at radius 3 is 2.78 bits per heavy atom. The van der Waals surface area contributed by atoms with Gasteiger partial charge in [0.2, 0.25) is 6.79 Å². The van der Waals surface area contributed by atoms with Crippen molar-refractivity contribution in [1.82, 2.24) is 10.6 Å². The average molecular weight is 271 g/mol. The van der Waals surface area contributed by atoms with Crippen molar-refractivity contribution in [1.29, 1.82) is 0 Å². The lowest BCUT2D eigenvalue weighted by Gasteiger charge is -2.23. The van der Waals surface area contributed by atoms with Crippen molar-refractivity contribution in [2.75, 3.05) is 19.9 Å². The number of piperidine rings is 1. The number of fused-ring (bicyclic) bond motifs is 1. The molecule has 0 amide bonds. The summed E-state index contributed by atoms with van der Waals surface area (Å²) in [5, 5.41) is 6.96. The number of hydrogen-bond donors (Lipinski definition) is 2. The van der Waals surface area contributed by atoms with Crippen LogP contribution in [-0.2, 0) is 6.54 Å². The topological polar surface area (TPSA) is 42.5 Å². The van der Waals surface area contributed by atoms with Crippen LogP contribution in [0.3, 0.4) is 0 Å². The molecule has 1 saturated heterocycles. The predicted octanol–water partition coefficient (Wildman–Crippen LogP) is 1.68. The van der Waals surface area contributed by atoms with Crippen LogP contribution < -0.4 is 20.1 Å². The fraction of sp³-hybridized carbons (Fsp3) is 0.538. The second-order valence-corrected chi connectivity index (χ2v) is 4.59. The van der Waals surface area contributed by atoms with Gasteiger partial charge in [-0.25, -0.2) is 0 Å². The zero-order chi connectivity index (χ0) is 11.5. The molecule has 18 heavy (non-hydrogen) atoms. The normalized spacial score (nSPS) is 18.4. The van der Waals surface area contributed by atoms with E-state index in [9.17, 15) is 0 Å². The molecule has 1 fully saturated rings. The van der Waals surface area contributed by atoms with Gasteiger partial charge in [0, 0.05) is 12.6 Å². The molecule has 100 valence electrons. The Bertz CT molecular complexity index is 395. The molecule has 2 aliphatic heterocycles. The first-order valence-electron chi connectivity index (χ1n) is 6.24. The summed E-state index contributed by atoms with van der Waals surface area (Å²) in [5.74, 6) is 1.73. The highest BCUT2D eigenvalue weighted by atomic mass is 35.5. The monoisotopic (exact) mass is 270 g/mol. The standard InChI is InChI=1S/C13H18N2O2.ClH/c1-2-12-13(17-9-16-12)7-10(1)8-15-11-3-5-14-6-4-11;/h1-2,7,11,14-15H,3-6,8-9H2;1H. The van der Waals surface area contributed by atoms with Gasteiger partial charge in [-0.3, -0.25) is 0 Å². The van der Waals surface area contributed by atoms with Gasteiger partial charge in [-0.2, -0.15) is 0 Å². The molecule has 0 unspecified atom stereocenters. The van der Waals surface area contributed by atoms with E-state index in [0.717, 1.165) is 31.1 Å². The third-order valence-corrected chi connectivity index (χ3v) is 3.37. The molecule has 2 heterocycles. The van der Waals surface area contributed by atoms with Gasteiger partial charge in [-0.1, -0.05) is 6.07 Å². The summed E-state index contributed by atoms with van der Waals surface area (Å²) >= 11 is 0. The Balaban J connectivity index is 0.00000120. The summed E-state index contributed by atoms with van der Waals surface area (Å²) in [6, 6.07) is 6.79. The molecule has 4 nitrogen and oxygen atoms in total. The van der Waals surface area contributed by atoms with Crippen LogP contribution in [0, 0.1) is 0 Å². The lowest BCUT2D eigenvalue weighted by Crippen LogP contribution is -2.39. The van der Waals surface area contributed by atoms with Gasteiger partial charge < -0.3 is 20.1 Å². The number of hydrogen-bond acceptors (Lipinski definition) is 4. The maximum absolute atomic E-state index is 5.37. The molecule has 0 bridgehead atoms. The van der Waals surface area contributed by atoms with Gasteiger partial charge in [0.05, 0.1) is 0 Å². The highest BCUT2D eigenvalue weighted by Gasteiger charge is 2.15. The Morgan fingerprint density at radius 1 is 1.17 bits per heavy atom. The predicted molar refractivity (Wildman–Crippen MR) is 72.5 cm³/mol. The Morgan fingerprint density at radius 2 is 1.94 bits per heavy atom. The summed E-state index contributed by atoms with van der Waals surface area (Å²) in [6.07, 6.45) is 2.43. The molecule has 0 aromatic heterocycles. The van der Waals surface area contributed by atoms with Gasteiger partial charge in [0.25, 0.3) is 0 Å². The highest BCUT2D eigenvalue weighted by Crippen LogP contribution is 2.32. The van der Waals surface area contributed by atoms with E-state index < -0.39 is 0 Å². The molecule has 1 aromatic rings. The zero-order valence-corrected chi connectivity index (χ0v) is 11.1. The zero-order valence-electron chi connectivity index (χ0n) is 10.3. The van der Waals surface area contributed by atoms with E-state index in [2.05, 4.69) is 22.8 Å². The summed E-state index contributed by atoms with van der Waals surface area (Å²) in [4.78, 5) is 0. The molecular formula is C13H19ClN2O2. The first-order chi connectivity index (χ1) is 8.42. The molecular weight excluding hydrogens is 252 g/mol. The second-order valence-electron chi connectivity index (χ2n) is 4.59. The molecule has 2 aliphatic rings. The molecule has 0 spiro atoms. The maximum atomic E-state index is 5.37. The van der Waals surface area contributed by atoms with Crippen molar-refractivity contribution in [3.63, 3.8) is 0 Å². The fourth-order valence-corrected chi connectivity index (χ4v) is 2.34. The van der Waals surface area contributed by atoms with Crippen LogP contribution in [0.1, 0.15) is 18.4 Å². The van der Waals surface area contributed by atoms with E-state index in [4.69, 9.17) is 9.47 Å². The first kappa shape index (κ1) is 13.5. The summed E-state index contributed by atoms with van der Waals surface area (Å²) < 4.78 is 10.7. The highest BCUT2D eigenvalue weighted by molar-refractivity contribution is 5.85. The summed E-state index contributed by atoms with van der Waals surface area (Å²) in [5.41, 5.74) is 1.26. The number of benzene rings is 1. The number of rotatable bonds is 3. The molecule has 2 N–H and O–H groups in total. The minimum absolute atomic E-state index is 0. The van der Waals surface area contributed by atoms with E-state index in [0.29, 0.717) is 12.8 Å². The number of halogens is 1. The van der Waals surface area contributed by atoms with Crippen molar-refractivity contribution in [3.05, 3.63) is 23.8 Å². The van der Waals surface area contributed by atoms with Crippen LogP contribution in [0.25, 0.3) is 0 Å². The average Bonchev–Trinajstić information content (AvgIpc) is 2.85. The van der Waals surface area contributed by atoms with Crippen LogP contribution in [-0.4, -0.2) is 25.9 Å². The van der Waals surface area contributed by atoms with Crippen molar-refractivity contribution in [3.8, 4) is 11.5 Å². The first-order valence-corrected chi connectivity index (χ1v) is 6.24. The summed E-state index contributed by atoms with van der Waals surface area (Å²) in [6.45, 7) is 3.50. The van der Waals surface area contributed by atoms with Crippen LogP contribution in [0.4, 0.5) is 0 Å². The van der Waals surface area contributed by atoms with Crippen molar-refractivity contribution in [2.45, 2.75) is 25.4 Å². The van der Waals surface area contributed by atoms with E-state index in [1.54, 1.807) is 0 Å². The Labute approximate surface area is 113 Å². The van der Waals surface area contributed by atoms with Crippen molar-refractivity contribution >= 4 is 12.4 Å². The SMILES string of the molecule is Cl.c1cc2c(cc1CNC1CCNCC1)OCO2. The minimum Gasteiger partial charge on any atom is -0.454 e. The van der Waals surface area contributed by atoms with Crippen LogP contribution >= 0.6 is 12.4 Å². The molecule has 5 heteroatoms. The smallest absolute Gasteiger partial charge is 0.231 e. The van der Waals surface area contributed by atoms with E-state index in [1.165, 1.54) is 18.4 Å². The summed E-state index contributed by atoms with van der Waals surface area (Å²) in [7, 11) is 0. The minimum atomic E-state index is 0. The fourth-order valence-electron chi connectivity index (χ4n) is 2.34. The van der Waals surface area contributed by atoms with Gasteiger partial charge in [0.1, 0.15) is 0 Å². The Hall–Kier alpha value is -0.970.